The van der Waals surface area contributed by atoms with Crippen molar-refractivity contribution in [3.05, 3.63) is 46.0 Å². The highest BCUT2D eigenvalue weighted by molar-refractivity contribution is 7.88. The molecule has 2 rings (SSSR count). The van der Waals surface area contributed by atoms with Gasteiger partial charge in [0.25, 0.3) is 5.69 Å². The summed E-state index contributed by atoms with van der Waals surface area (Å²) in [5, 5.41) is 11.9. The maximum absolute atomic E-state index is 11.0. The van der Waals surface area contributed by atoms with Crippen LogP contribution in [-0.4, -0.2) is 15.0 Å². The van der Waals surface area contributed by atoms with Crippen molar-refractivity contribution >= 4 is 22.2 Å². The van der Waals surface area contributed by atoms with Gasteiger partial charge in [-0.3, -0.25) is 14.3 Å². The van der Waals surface area contributed by atoms with Crippen LogP contribution in [0, 0.1) is 16.3 Å². The molecule has 1 aliphatic heterocycles. The Labute approximate surface area is 88.6 Å². The van der Waals surface area contributed by atoms with Crippen LogP contribution in [0.15, 0.2) is 29.7 Å². The Morgan fingerprint density at radius 3 is 2.53 bits per heavy atom. The molecule has 0 fully saturated rings. The van der Waals surface area contributed by atoms with Crippen LogP contribution in [-0.2, 0) is 10.8 Å². The van der Waals surface area contributed by atoms with Gasteiger partial charge >= 0.3 is 0 Å². The normalized spacial score (nSPS) is 19.5. The monoisotopic (exact) mass is 223 g/mol. The molecule has 0 aliphatic carbocycles. The van der Waals surface area contributed by atoms with Crippen LogP contribution < -0.4 is 4.90 Å². The largest absolute Gasteiger partial charge is 0.500 e. The van der Waals surface area contributed by atoms with Crippen molar-refractivity contribution in [2.24, 2.45) is 0 Å². The summed E-state index contributed by atoms with van der Waals surface area (Å²) in [7, 11) is -1.01. The Morgan fingerprint density at radius 1 is 1.40 bits per heavy atom. The molecule has 5 nitrogen and oxygen atoms in total. The molecule has 0 saturated heterocycles. The Hall–Kier alpha value is -1.69. The summed E-state index contributed by atoms with van der Waals surface area (Å²) >= 11 is 0. The van der Waals surface area contributed by atoms with Crippen LogP contribution in [0.1, 0.15) is 0 Å². The minimum absolute atomic E-state index is 0.0445. The number of non-ortho nitro benzene ring substituents is 1. The fraction of sp³-hybridized carbons (Fsp3) is 0.111. The molecule has 0 bridgehead atoms. The Kier molecular flexibility index (Phi) is 2.51. The van der Waals surface area contributed by atoms with Crippen LogP contribution in [0.25, 0.3) is 0 Å². The zero-order valence-electron chi connectivity index (χ0n) is 7.62. The highest BCUT2D eigenvalue weighted by Crippen LogP contribution is 2.21. The van der Waals surface area contributed by atoms with E-state index in [-0.39, 0.29) is 5.69 Å². The number of nitrogens with zero attached hydrogens (tertiary/aromatic N) is 2. The zero-order valence-corrected chi connectivity index (χ0v) is 8.44. The summed E-state index contributed by atoms with van der Waals surface area (Å²) in [6.45, 7) is 0. The fourth-order valence-corrected chi connectivity index (χ4v) is 2.02. The summed E-state index contributed by atoms with van der Waals surface area (Å²) in [4.78, 5) is 11.6. The van der Waals surface area contributed by atoms with Crippen LogP contribution >= 0.6 is 0 Å². The lowest BCUT2D eigenvalue weighted by molar-refractivity contribution is -0.384. The van der Waals surface area contributed by atoms with Gasteiger partial charge in [-0.05, 0) is 0 Å². The predicted molar refractivity (Wildman–Crippen MR) is 56.4 cm³/mol. The van der Waals surface area contributed by atoms with E-state index in [1.54, 1.807) is 17.0 Å². The average molecular weight is 223 g/mol. The quantitative estimate of drug-likeness (QED) is 0.432. The third kappa shape index (κ3) is 2.04. The SMILES string of the molecule is O=[N+]([O-])c1ccc(N2[C-]=CS(=O)C2)cc1. The number of anilines is 1. The highest BCUT2D eigenvalue weighted by Gasteiger charge is 2.05. The Balaban J connectivity index is 2.21. The molecular weight excluding hydrogens is 216 g/mol. The molecule has 1 aromatic rings. The first kappa shape index (κ1) is 9.85. The first-order chi connectivity index (χ1) is 7.16. The second kappa shape index (κ2) is 3.82. The van der Waals surface area contributed by atoms with Gasteiger partial charge in [0.05, 0.1) is 10.8 Å². The number of rotatable bonds is 2. The number of benzene rings is 1. The highest BCUT2D eigenvalue weighted by atomic mass is 32.2. The second-order valence-corrected chi connectivity index (χ2v) is 4.21. The van der Waals surface area contributed by atoms with Crippen molar-refractivity contribution in [1.82, 2.24) is 0 Å². The molecule has 1 aromatic carbocycles. The summed E-state index contributed by atoms with van der Waals surface area (Å²) < 4.78 is 11.0. The van der Waals surface area contributed by atoms with Crippen LogP contribution in [0.5, 0.6) is 0 Å². The topological polar surface area (TPSA) is 63.5 Å². The molecule has 15 heavy (non-hydrogen) atoms. The molecule has 0 spiro atoms. The van der Waals surface area contributed by atoms with E-state index in [2.05, 4.69) is 6.20 Å². The van der Waals surface area contributed by atoms with E-state index in [9.17, 15) is 14.3 Å². The fourth-order valence-electron chi connectivity index (χ4n) is 1.23. The molecule has 0 aromatic heterocycles. The van der Waals surface area contributed by atoms with Crippen molar-refractivity contribution in [1.29, 1.82) is 0 Å². The van der Waals surface area contributed by atoms with E-state index in [1.165, 1.54) is 17.5 Å². The molecule has 1 unspecified atom stereocenters. The van der Waals surface area contributed by atoms with Crippen molar-refractivity contribution in [3.8, 4) is 0 Å². The smallest absolute Gasteiger partial charge is 0.266 e. The van der Waals surface area contributed by atoms with E-state index in [0.29, 0.717) is 5.88 Å². The van der Waals surface area contributed by atoms with E-state index >= 15 is 0 Å². The number of hydrogen-bond acceptors (Lipinski definition) is 4. The van der Waals surface area contributed by atoms with Gasteiger partial charge in [-0.1, -0.05) is 5.41 Å². The van der Waals surface area contributed by atoms with Gasteiger partial charge in [-0.2, -0.15) is 6.20 Å². The van der Waals surface area contributed by atoms with Crippen molar-refractivity contribution < 1.29 is 9.13 Å². The van der Waals surface area contributed by atoms with Gasteiger partial charge in [0.2, 0.25) is 0 Å². The lowest BCUT2D eigenvalue weighted by atomic mass is 10.3. The maximum atomic E-state index is 11.0. The molecule has 0 saturated carbocycles. The van der Waals surface area contributed by atoms with Crippen LogP contribution in [0.4, 0.5) is 11.4 Å². The number of nitro groups is 1. The van der Waals surface area contributed by atoms with Crippen molar-refractivity contribution in [2.75, 3.05) is 10.8 Å². The summed E-state index contributed by atoms with van der Waals surface area (Å²) in [6.07, 6.45) is 2.81. The molecule has 78 valence electrons. The molecule has 0 N–H and O–H groups in total. The molecular formula is C9H7N2O3S-. The van der Waals surface area contributed by atoms with E-state index in [4.69, 9.17) is 0 Å². The first-order valence-corrected chi connectivity index (χ1v) is 5.54. The van der Waals surface area contributed by atoms with Crippen molar-refractivity contribution in [3.63, 3.8) is 0 Å². The summed E-state index contributed by atoms with van der Waals surface area (Å²) in [6, 6.07) is 6.06. The molecule has 1 aliphatic rings. The van der Waals surface area contributed by atoms with Gasteiger partial charge in [-0.15, -0.1) is 17.8 Å². The lowest BCUT2D eigenvalue weighted by Crippen LogP contribution is -2.14. The van der Waals surface area contributed by atoms with Gasteiger partial charge in [0.1, 0.15) is 0 Å². The van der Waals surface area contributed by atoms with Gasteiger partial charge in [0, 0.05) is 22.9 Å². The van der Waals surface area contributed by atoms with Crippen molar-refractivity contribution in [2.45, 2.75) is 0 Å². The number of hydrogen-bond donors (Lipinski definition) is 0. The molecule has 0 amide bonds. The van der Waals surface area contributed by atoms with E-state index in [1.807, 2.05) is 0 Å². The molecule has 6 heteroatoms. The second-order valence-electron chi connectivity index (χ2n) is 2.96. The molecule has 0 radical (unpaired) electrons. The minimum Gasteiger partial charge on any atom is -0.500 e. The zero-order chi connectivity index (χ0) is 10.8. The molecule has 1 atom stereocenters. The molecule has 1 heterocycles. The Bertz CT molecular complexity index is 441. The predicted octanol–water partition coefficient (Wildman–Crippen LogP) is 1.40. The standard InChI is InChI=1S/C9H7N2O3S/c12-11(13)9-3-1-8(2-4-9)10-5-6-15(14)7-10/h1-4,6H,7H2/q-1. The Morgan fingerprint density at radius 2 is 2.07 bits per heavy atom. The number of nitro benzene ring substituents is 1. The third-order valence-corrected chi connectivity index (χ3v) is 2.85. The summed E-state index contributed by atoms with van der Waals surface area (Å²) in [5.41, 5.74) is 0.797. The average Bonchev–Trinajstić information content (AvgIpc) is 2.65. The van der Waals surface area contributed by atoms with E-state index in [0.717, 1.165) is 5.69 Å². The van der Waals surface area contributed by atoms with Crippen LogP contribution in [0.3, 0.4) is 0 Å². The lowest BCUT2D eigenvalue weighted by Gasteiger charge is -2.25. The maximum Gasteiger partial charge on any atom is 0.266 e. The van der Waals surface area contributed by atoms with Gasteiger partial charge in [-0.25, -0.2) is 0 Å². The van der Waals surface area contributed by atoms with E-state index < -0.39 is 15.7 Å². The third-order valence-electron chi connectivity index (χ3n) is 1.97. The van der Waals surface area contributed by atoms with Gasteiger partial charge < -0.3 is 4.90 Å². The minimum atomic E-state index is -1.01. The summed E-state index contributed by atoms with van der Waals surface area (Å²) in [5.74, 6) is 0.359. The van der Waals surface area contributed by atoms with Gasteiger partial charge in [0.15, 0.2) is 0 Å². The first-order valence-electron chi connectivity index (χ1n) is 4.15. The van der Waals surface area contributed by atoms with Crippen LogP contribution in [0.2, 0.25) is 0 Å².